The normalized spacial score (nSPS) is 25.3. The molecular weight excluding hydrogens is 214 g/mol. The van der Waals surface area contributed by atoms with Gasteiger partial charge in [0.1, 0.15) is 0 Å². The van der Waals surface area contributed by atoms with Gasteiger partial charge in [0, 0.05) is 13.1 Å². The van der Waals surface area contributed by atoms with Crippen molar-refractivity contribution in [3.05, 3.63) is 0 Å². The van der Waals surface area contributed by atoms with Crippen molar-refractivity contribution in [2.75, 3.05) is 33.2 Å². The molecule has 0 radical (unpaired) electrons. The van der Waals surface area contributed by atoms with Crippen LogP contribution in [0.1, 0.15) is 32.1 Å². The van der Waals surface area contributed by atoms with Crippen LogP contribution in [0.5, 0.6) is 0 Å². The smallest absolute Gasteiger partial charge is 0.227 e. The van der Waals surface area contributed by atoms with Gasteiger partial charge in [-0.2, -0.15) is 0 Å². The van der Waals surface area contributed by atoms with Crippen molar-refractivity contribution in [3.8, 4) is 0 Å². The summed E-state index contributed by atoms with van der Waals surface area (Å²) in [5.74, 6) is 0.857. The highest BCUT2D eigenvalue weighted by atomic mass is 16.2. The van der Waals surface area contributed by atoms with Gasteiger partial charge in [-0.1, -0.05) is 6.42 Å². The van der Waals surface area contributed by atoms with Crippen molar-refractivity contribution in [3.63, 3.8) is 0 Å². The largest absolute Gasteiger partial charge is 0.355 e. The molecule has 2 fully saturated rings. The van der Waals surface area contributed by atoms with E-state index in [0.29, 0.717) is 12.5 Å². The molecule has 1 saturated carbocycles. The van der Waals surface area contributed by atoms with E-state index in [0.717, 1.165) is 38.9 Å². The fraction of sp³-hybridized carbons (Fsp3) is 0.923. The summed E-state index contributed by atoms with van der Waals surface area (Å²) in [6, 6.07) is 0. The number of nitrogens with zero attached hydrogens (tertiary/aromatic N) is 1. The van der Waals surface area contributed by atoms with Crippen molar-refractivity contribution >= 4 is 5.91 Å². The minimum Gasteiger partial charge on any atom is -0.355 e. The van der Waals surface area contributed by atoms with E-state index in [-0.39, 0.29) is 11.3 Å². The molecule has 1 saturated heterocycles. The minimum atomic E-state index is -0.217. The monoisotopic (exact) mass is 239 g/mol. The Hall–Kier alpha value is -0.610. The van der Waals surface area contributed by atoms with Crippen molar-refractivity contribution in [2.45, 2.75) is 32.1 Å². The summed E-state index contributed by atoms with van der Waals surface area (Å²) in [6.45, 7) is 3.66. The lowest BCUT2D eigenvalue weighted by Crippen LogP contribution is -2.51. The molecule has 4 nitrogen and oxygen atoms in total. The fourth-order valence-electron chi connectivity index (χ4n) is 2.82. The van der Waals surface area contributed by atoms with E-state index in [1.54, 1.807) is 0 Å². The summed E-state index contributed by atoms with van der Waals surface area (Å²) in [7, 11) is 2.16. The highest BCUT2D eigenvalue weighted by Crippen LogP contribution is 2.40. The second-order valence-corrected chi connectivity index (χ2v) is 5.79. The molecule has 0 aromatic carbocycles. The molecule has 17 heavy (non-hydrogen) atoms. The van der Waals surface area contributed by atoms with Crippen molar-refractivity contribution in [1.82, 2.24) is 10.2 Å². The highest BCUT2D eigenvalue weighted by molar-refractivity contribution is 5.83. The number of rotatable bonds is 4. The molecule has 1 heterocycles. The predicted molar refractivity (Wildman–Crippen MR) is 68.6 cm³/mol. The summed E-state index contributed by atoms with van der Waals surface area (Å²) >= 11 is 0. The van der Waals surface area contributed by atoms with Gasteiger partial charge in [-0.05, 0) is 51.7 Å². The molecule has 98 valence electrons. The zero-order valence-corrected chi connectivity index (χ0v) is 10.9. The van der Waals surface area contributed by atoms with Crippen LogP contribution in [0, 0.1) is 11.3 Å². The Morgan fingerprint density at radius 3 is 2.53 bits per heavy atom. The zero-order chi connectivity index (χ0) is 12.3. The third kappa shape index (κ3) is 2.80. The van der Waals surface area contributed by atoms with Crippen LogP contribution in [0.2, 0.25) is 0 Å². The van der Waals surface area contributed by atoms with Crippen molar-refractivity contribution in [2.24, 2.45) is 17.1 Å². The van der Waals surface area contributed by atoms with E-state index >= 15 is 0 Å². The molecule has 2 rings (SSSR count). The summed E-state index contributed by atoms with van der Waals surface area (Å²) in [5.41, 5.74) is 5.51. The van der Waals surface area contributed by atoms with Crippen molar-refractivity contribution < 1.29 is 4.79 Å². The number of piperidine rings is 1. The Balaban J connectivity index is 1.73. The number of hydrogen-bond donors (Lipinski definition) is 2. The van der Waals surface area contributed by atoms with E-state index in [4.69, 9.17) is 5.73 Å². The summed E-state index contributed by atoms with van der Waals surface area (Å²) in [5, 5.41) is 3.12. The zero-order valence-electron chi connectivity index (χ0n) is 10.9. The van der Waals surface area contributed by atoms with Gasteiger partial charge >= 0.3 is 0 Å². The Morgan fingerprint density at radius 2 is 2.06 bits per heavy atom. The molecule has 0 spiro atoms. The molecule has 2 aliphatic rings. The van der Waals surface area contributed by atoms with E-state index in [1.165, 1.54) is 12.8 Å². The van der Waals surface area contributed by atoms with Crippen molar-refractivity contribution in [1.29, 1.82) is 0 Å². The second kappa shape index (κ2) is 5.36. The fourth-order valence-corrected chi connectivity index (χ4v) is 2.82. The Morgan fingerprint density at radius 1 is 1.41 bits per heavy atom. The number of carbonyl (C=O) groups excluding carboxylic acids is 1. The lowest BCUT2D eigenvalue weighted by atomic mass is 9.68. The quantitative estimate of drug-likeness (QED) is 0.754. The van der Waals surface area contributed by atoms with Gasteiger partial charge in [0.25, 0.3) is 0 Å². The third-order valence-corrected chi connectivity index (χ3v) is 4.57. The van der Waals surface area contributed by atoms with Gasteiger partial charge in [0.05, 0.1) is 5.41 Å². The number of hydrogen-bond acceptors (Lipinski definition) is 3. The summed E-state index contributed by atoms with van der Waals surface area (Å²) in [6.07, 6.45) is 5.50. The van der Waals surface area contributed by atoms with E-state index in [2.05, 4.69) is 17.3 Å². The van der Waals surface area contributed by atoms with Gasteiger partial charge < -0.3 is 16.0 Å². The maximum Gasteiger partial charge on any atom is 0.227 e. The van der Waals surface area contributed by atoms with Gasteiger partial charge in [-0.3, -0.25) is 4.79 Å². The van der Waals surface area contributed by atoms with E-state index < -0.39 is 0 Å². The van der Waals surface area contributed by atoms with Crippen LogP contribution in [-0.4, -0.2) is 44.0 Å². The lowest BCUT2D eigenvalue weighted by Gasteiger charge is -2.39. The molecule has 1 aliphatic carbocycles. The first-order valence-electron chi connectivity index (χ1n) is 6.83. The number of likely N-dealkylation sites (tertiary alicyclic amines) is 1. The standard InChI is InChI=1S/C13H25N3O/c1-16-7-3-11(4-8-16)9-15-12(17)13(10-14)5-2-6-13/h11H,2-10,14H2,1H3,(H,15,17). The first kappa shape index (κ1) is 12.8. The van der Waals surface area contributed by atoms with Crippen LogP contribution in [-0.2, 0) is 4.79 Å². The minimum absolute atomic E-state index is 0.199. The average Bonchev–Trinajstić information content (AvgIpc) is 2.27. The van der Waals surface area contributed by atoms with Gasteiger partial charge in [-0.15, -0.1) is 0 Å². The molecule has 4 heteroatoms. The van der Waals surface area contributed by atoms with Crippen LogP contribution < -0.4 is 11.1 Å². The molecule has 0 bridgehead atoms. The van der Waals surface area contributed by atoms with Crippen LogP contribution >= 0.6 is 0 Å². The first-order valence-corrected chi connectivity index (χ1v) is 6.83. The molecule has 0 aromatic rings. The summed E-state index contributed by atoms with van der Waals surface area (Å²) in [4.78, 5) is 14.4. The Bertz CT molecular complexity index is 262. The Kier molecular flexibility index (Phi) is 4.05. The van der Waals surface area contributed by atoms with Crippen LogP contribution in [0.4, 0.5) is 0 Å². The number of carbonyl (C=O) groups is 1. The average molecular weight is 239 g/mol. The molecule has 0 aromatic heterocycles. The van der Waals surface area contributed by atoms with Crippen LogP contribution in [0.15, 0.2) is 0 Å². The maximum atomic E-state index is 12.1. The topological polar surface area (TPSA) is 58.4 Å². The molecule has 0 atom stereocenters. The maximum absolute atomic E-state index is 12.1. The van der Waals surface area contributed by atoms with Crippen LogP contribution in [0.3, 0.4) is 0 Å². The molecular formula is C13H25N3O. The van der Waals surface area contributed by atoms with Gasteiger partial charge in [0.15, 0.2) is 0 Å². The SMILES string of the molecule is CN1CCC(CNC(=O)C2(CN)CCC2)CC1. The van der Waals surface area contributed by atoms with Gasteiger partial charge in [-0.25, -0.2) is 0 Å². The lowest BCUT2D eigenvalue weighted by molar-refractivity contribution is -0.135. The molecule has 0 unspecified atom stereocenters. The number of nitrogens with two attached hydrogens (primary N) is 1. The molecule has 3 N–H and O–H groups in total. The number of amides is 1. The number of nitrogens with one attached hydrogen (secondary N) is 1. The molecule has 1 amide bonds. The third-order valence-electron chi connectivity index (χ3n) is 4.57. The molecule has 1 aliphatic heterocycles. The Labute approximate surface area is 104 Å². The second-order valence-electron chi connectivity index (χ2n) is 5.79. The highest BCUT2D eigenvalue weighted by Gasteiger charge is 2.42. The summed E-state index contributed by atoms with van der Waals surface area (Å²) < 4.78 is 0. The van der Waals surface area contributed by atoms with Crippen LogP contribution in [0.25, 0.3) is 0 Å². The van der Waals surface area contributed by atoms with E-state index in [9.17, 15) is 4.79 Å². The first-order chi connectivity index (χ1) is 8.16. The van der Waals surface area contributed by atoms with E-state index in [1.807, 2.05) is 0 Å². The van der Waals surface area contributed by atoms with Gasteiger partial charge in [0.2, 0.25) is 5.91 Å². The predicted octanol–water partition coefficient (Wildman–Crippen LogP) is 0.573.